The van der Waals surface area contributed by atoms with Gasteiger partial charge in [0, 0.05) is 5.39 Å². The third kappa shape index (κ3) is 5.11. The lowest BCUT2D eigenvalue weighted by atomic mass is 10.2. The maximum atomic E-state index is 12.8. The highest BCUT2D eigenvalue weighted by Gasteiger charge is 2.22. The van der Waals surface area contributed by atoms with Gasteiger partial charge in [-0.1, -0.05) is 12.1 Å². The van der Waals surface area contributed by atoms with Crippen LogP contribution in [0.5, 0.6) is 11.5 Å². The normalized spacial score (nSPS) is 12.6. The van der Waals surface area contributed by atoms with Crippen molar-refractivity contribution in [2.45, 2.75) is 33.3 Å². The number of carbonyl (C=O) groups is 1. The minimum atomic E-state index is -2.58. The average molecular weight is 528 g/mol. The SMILES string of the molecule is CCOc1ccccc1[PH](=O)Oc1ccc2c(c1)c(I)nn2C(=O)OC(C)(C)C. The Hall–Kier alpha value is -2.06. The minimum Gasteiger partial charge on any atom is -0.493 e. The van der Waals surface area contributed by atoms with Crippen LogP contribution in [0.2, 0.25) is 0 Å². The number of rotatable bonds is 5. The van der Waals surface area contributed by atoms with E-state index >= 15 is 0 Å². The molecule has 1 atom stereocenters. The Bertz CT molecular complexity index is 1070. The molecule has 0 fully saturated rings. The summed E-state index contributed by atoms with van der Waals surface area (Å²) in [6.45, 7) is 7.73. The molecular formula is C20H22IN2O5P. The van der Waals surface area contributed by atoms with Gasteiger partial charge in [-0.25, -0.2) is 4.79 Å². The molecule has 154 valence electrons. The lowest BCUT2D eigenvalue weighted by molar-refractivity contribution is 0.0522. The summed E-state index contributed by atoms with van der Waals surface area (Å²) in [5, 5.41) is 5.51. The number of carbonyl (C=O) groups excluding carboxylic acids is 1. The van der Waals surface area contributed by atoms with Crippen LogP contribution >= 0.6 is 30.6 Å². The van der Waals surface area contributed by atoms with Crippen molar-refractivity contribution in [1.82, 2.24) is 9.78 Å². The number of hydrogen-bond acceptors (Lipinski definition) is 6. The van der Waals surface area contributed by atoms with E-state index in [-0.39, 0.29) is 0 Å². The number of hydrogen-bond donors (Lipinski definition) is 0. The van der Waals surface area contributed by atoms with Crippen molar-refractivity contribution < 1.29 is 23.4 Å². The minimum absolute atomic E-state index is 0.425. The van der Waals surface area contributed by atoms with Crippen LogP contribution in [0.3, 0.4) is 0 Å². The van der Waals surface area contributed by atoms with Crippen molar-refractivity contribution in [3.63, 3.8) is 0 Å². The summed E-state index contributed by atoms with van der Waals surface area (Å²) in [6, 6.07) is 12.2. The third-order valence-electron chi connectivity index (χ3n) is 3.79. The highest BCUT2D eigenvalue weighted by Crippen LogP contribution is 2.33. The first kappa shape index (κ1) is 21.6. The van der Waals surface area contributed by atoms with Crippen molar-refractivity contribution >= 4 is 52.9 Å². The zero-order valence-corrected chi connectivity index (χ0v) is 19.7. The lowest BCUT2D eigenvalue weighted by Gasteiger charge is -2.19. The Morgan fingerprint density at radius 2 is 1.93 bits per heavy atom. The molecule has 0 aliphatic carbocycles. The molecule has 0 aliphatic heterocycles. The molecule has 2 aromatic carbocycles. The smallest absolute Gasteiger partial charge is 0.435 e. The maximum absolute atomic E-state index is 12.8. The van der Waals surface area contributed by atoms with E-state index in [1.54, 1.807) is 57.2 Å². The number of fused-ring (bicyclic) bond motifs is 1. The Morgan fingerprint density at radius 1 is 1.21 bits per heavy atom. The molecule has 0 saturated heterocycles. The summed E-state index contributed by atoms with van der Waals surface area (Å²) in [5.41, 5.74) is -0.0390. The number of ether oxygens (including phenoxy) is 2. The second-order valence-electron chi connectivity index (χ2n) is 7.18. The van der Waals surface area contributed by atoms with Crippen molar-refractivity contribution in [2.75, 3.05) is 6.61 Å². The van der Waals surface area contributed by atoms with Gasteiger partial charge in [-0.05, 0) is 80.6 Å². The molecule has 1 aromatic heterocycles. The van der Waals surface area contributed by atoms with Crippen molar-refractivity contribution in [3.8, 4) is 11.5 Å². The zero-order chi connectivity index (χ0) is 21.2. The van der Waals surface area contributed by atoms with Gasteiger partial charge in [0.2, 0.25) is 0 Å². The fourth-order valence-corrected chi connectivity index (χ4v) is 4.33. The van der Waals surface area contributed by atoms with E-state index in [1.165, 1.54) is 4.68 Å². The van der Waals surface area contributed by atoms with E-state index in [2.05, 4.69) is 5.10 Å². The zero-order valence-electron chi connectivity index (χ0n) is 16.6. The molecule has 29 heavy (non-hydrogen) atoms. The first-order valence-electron chi connectivity index (χ1n) is 9.05. The number of nitrogens with zero attached hydrogens (tertiary/aromatic N) is 2. The quantitative estimate of drug-likeness (QED) is 0.343. The van der Waals surface area contributed by atoms with Crippen LogP contribution in [0.15, 0.2) is 42.5 Å². The van der Waals surface area contributed by atoms with Crippen LogP contribution in [-0.4, -0.2) is 28.1 Å². The number of para-hydroxylation sites is 1. The fourth-order valence-electron chi connectivity index (χ4n) is 2.65. The Balaban J connectivity index is 1.88. The van der Waals surface area contributed by atoms with E-state index in [0.717, 1.165) is 0 Å². The first-order chi connectivity index (χ1) is 13.7. The molecule has 3 aromatic rings. The molecule has 0 spiro atoms. The van der Waals surface area contributed by atoms with Crippen molar-refractivity contribution in [3.05, 3.63) is 46.2 Å². The van der Waals surface area contributed by atoms with E-state index in [0.29, 0.717) is 38.0 Å². The molecule has 3 rings (SSSR count). The third-order valence-corrected chi connectivity index (χ3v) is 5.86. The molecule has 0 aliphatic rings. The van der Waals surface area contributed by atoms with E-state index in [4.69, 9.17) is 14.0 Å². The fraction of sp³-hybridized carbons (Fsp3) is 0.300. The summed E-state index contributed by atoms with van der Waals surface area (Å²) >= 11 is 2.04. The van der Waals surface area contributed by atoms with E-state index in [1.807, 2.05) is 35.6 Å². The molecule has 0 N–H and O–H groups in total. The topological polar surface area (TPSA) is 79.7 Å². The van der Waals surface area contributed by atoms with Gasteiger partial charge in [-0.3, -0.25) is 4.57 Å². The van der Waals surface area contributed by atoms with Gasteiger partial charge >= 0.3 is 6.09 Å². The van der Waals surface area contributed by atoms with Gasteiger partial charge in [-0.2, -0.15) is 9.78 Å². The van der Waals surface area contributed by atoms with Gasteiger partial charge in [-0.15, -0.1) is 0 Å². The van der Waals surface area contributed by atoms with Crippen molar-refractivity contribution in [1.29, 1.82) is 0 Å². The van der Waals surface area contributed by atoms with Crippen LogP contribution < -0.4 is 14.6 Å². The molecule has 9 heteroatoms. The summed E-state index contributed by atoms with van der Waals surface area (Å²) in [4.78, 5) is 12.4. The monoisotopic (exact) mass is 528 g/mol. The van der Waals surface area contributed by atoms with Crippen LogP contribution in [0.1, 0.15) is 27.7 Å². The first-order valence-corrected chi connectivity index (χ1v) is 11.4. The molecular weight excluding hydrogens is 506 g/mol. The molecule has 0 amide bonds. The van der Waals surface area contributed by atoms with Crippen LogP contribution in [0.25, 0.3) is 10.9 Å². The number of benzene rings is 2. The highest BCUT2D eigenvalue weighted by molar-refractivity contribution is 14.1. The summed E-state index contributed by atoms with van der Waals surface area (Å²) in [7, 11) is -2.58. The summed E-state index contributed by atoms with van der Waals surface area (Å²) < 4.78 is 31.3. The summed E-state index contributed by atoms with van der Waals surface area (Å²) in [5.74, 6) is 0.974. The van der Waals surface area contributed by atoms with Gasteiger partial charge in [0.1, 0.15) is 20.8 Å². The standard InChI is InChI=1S/C20H22IN2O5P/c1-5-26-16-8-6-7-9-17(16)29(25)28-13-10-11-15-14(12-13)18(21)22-23(15)19(24)27-20(2,3)4/h6-12,29H,5H2,1-4H3. The van der Waals surface area contributed by atoms with Crippen molar-refractivity contribution in [2.24, 2.45) is 0 Å². The van der Waals surface area contributed by atoms with E-state index in [9.17, 15) is 9.36 Å². The van der Waals surface area contributed by atoms with Gasteiger partial charge in [0.15, 0.2) is 0 Å². The van der Waals surface area contributed by atoms with Crippen LogP contribution in [0, 0.1) is 3.70 Å². The van der Waals surface area contributed by atoms with Crippen LogP contribution in [0.4, 0.5) is 4.79 Å². The van der Waals surface area contributed by atoms with E-state index < -0.39 is 19.7 Å². The largest absolute Gasteiger partial charge is 0.493 e. The number of aromatic nitrogens is 2. The maximum Gasteiger partial charge on any atom is 0.435 e. The lowest BCUT2D eigenvalue weighted by Crippen LogP contribution is -2.27. The molecule has 1 unspecified atom stereocenters. The highest BCUT2D eigenvalue weighted by atomic mass is 127. The second-order valence-corrected chi connectivity index (χ2v) is 9.52. The molecule has 0 bridgehead atoms. The molecule has 0 saturated carbocycles. The average Bonchev–Trinajstić information content (AvgIpc) is 2.97. The van der Waals surface area contributed by atoms with Crippen LogP contribution in [-0.2, 0) is 9.30 Å². The Labute approximate surface area is 183 Å². The predicted octanol–water partition coefficient (Wildman–Crippen LogP) is 5.00. The Morgan fingerprint density at radius 3 is 2.62 bits per heavy atom. The summed E-state index contributed by atoms with van der Waals surface area (Å²) in [6.07, 6.45) is -0.557. The number of halogens is 1. The van der Waals surface area contributed by atoms with Gasteiger partial charge in [0.05, 0.1) is 17.4 Å². The molecule has 7 nitrogen and oxygen atoms in total. The molecule has 1 heterocycles. The van der Waals surface area contributed by atoms with Gasteiger partial charge in [0.25, 0.3) is 8.03 Å². The molecule has 0 radical (unpaired) electrons. The second kappa shape index (κ2) is 8.75. The Kier molecular flexibility index (Phi) is 6.53. The van der Waals surface area contributed by atoms with Gasteiger partial charge < -0.3 is 14.0 Å². The predicted molar refractivity (Wildman–Crippen MR) is 121 cm³/mol.